The molecule has 38 heavy (non-hydrogen) atoms. The number of thioether (sulfide) groups is 1. The van der Waals surface area contributed by atoms with E-state index in [1.54, 1.807) is 31.2 Å². The van der Waals surface area contributed by atoms with Gasteiger partial charge in [-0.3, -0.25) is 14.5 Å². The molecule has 0 fully saturated rings. The van der Waals surface area contributed by atoms with Crippen LogP contribution in [0.3, 0.4) is 0 Å². The van der Waals surface area contributed by atoms with Crippen molar-refractivity contribution in [2.24, 2.45) is 0 Å². The first-order valence-corrected chi connectivity index (χ1v) is 13.2. The standard InChI is InChI=1S/C32H29NO4S/c1-23(31(35)37-2)33(28-20-18-26(19-21-28)25-14-8-4-9-15-25)30(34)29(22-24-12-6-3-7-13-24)38-32(36)27-16-10-5-11-17-27/h3-21,23,29H,22H2,1-2H3/t23-,29-/m0/s1. The summed E-state index contributed by atoms with van der Waals surface area (Å²) in [5.74, 6) is -0.878. The van der Waals surface area contributed by atoms with Crippen LogP contribution in [0.25, 0.3) is 11.1 Å². The largest absolute Gasteiger partial charge is 0.467 e. The highest BCUT2D eigenvalue weighted by atomic mass is 32.2. The van der Waals surface area contributed by atoms with E-state index in [-0.39, 0.29) is 11.0 Å². The number of hydrogen-bond donors (Lipinski definition) is 0. The molecular formula is C32H29NO4S. The molecule has 0 heterocycles. The first-order chi connectivity index (χ1) is 18.5. The number of amides is 1. The van der Waals surface area contributed by atoms with Crippen molar-refractivity contribution >= 4 is 34.4 Å². The van der Waals surface area contributed by atoms with E-state index in [9.17, 15) is 14.4 Å². The molecule has 0 aliphatic carbocycles. The minimum atomic E-state index is -0.888. The second kappa shape index (κ2) is 12.9. The Labute approximate surface area is 227 Å². The van der Waals surface area contributed by atoms with Gasteiger partial charge in [-0.1, -0.05) is 115 Å². The molecule has 0 unspecified atom stereocenters. The van der Waals surface area contributed by atoms with Crippen molar-refractivity contribution in [3.8, 4) is 11.1 Å². The number of anilines is 1. The maximum Gasteiger partial charge on any atom is 0.328 e. The molecule has 0 bridgehead atoms. The van der Waals surface area contributed by atoms with Gasteiger partial charge in [-0.2, -0.15) is 0 Å². The van der Waals surface area contributed by atoms with Crippen molar-refractivity contribution in [1.82, 2.24) is 0 Å². The van der Waals surface area contributed by atoms with Gasteiger partial charge in [0.25, 0.3) is 0 Å². The van der Waals surface area contributed by atoms with Crippen LogP contribution in [0.1, 0.15) is 22.8 Å². The SMILES string of the molecule is COC(=O)[C@H](C)N(C(=O)[C@H](Cc1ccccc1)SC(=O)c1ccccc1)c1ccc(-c2ccccc2)cc1. The lowest BCUT2D eigenvalue weighted by Gasteiger charge is -2.31. The fourth-order valence-corrected chi connectivity index (χ4v) is 5.22. The molecule has 2 atom stereocenters. The molecule has 4 aromatic rings. The van der Waals surface area contributed by atoms with Gasteiger partial charge in [-0.15, -0.1) is 0 Å². The smallest absolute Gasteiger partial charge is 0.328 e. The predicted octanol–water partition coefficient (Wildman–Crippen LogP) is 6.43. The topological polar surface area (TPSA) is 63.7 Å². The summed E-state index contributed by atoms with van der Waals surface area (Å²) in [5.41, 5.74) is 4.02. The molecule has 0 radical (unpaired) electrons. The molecule has 5 nitrogen and oxygen atoms in total. The summed E-state index contributed by atoms with van der Waals surface area (Å²) >= 11 is 0.978. The lowest BCUT2D eigenvalue weighted by atomic mass is 10.0. The summed E-state index contributed by atoms with van der Waals surface area (Å²) in [7, 11) is 1.30. The number of hydrogen-bond acceptors (Lipinski definition) is 5. The number of esters is 1. The summed E-state index contributed by atoms with van der Waals surface area (Å²) < 4.78 is 5.00. The number of ether oxygens (including phenoxy) is 1. The highest BCUT2D eigenvalue weighted by Gasteiger charge is 2.35. The Hall–Kier alpha value is -4.16. The van der Waals surface area contributed by atoms with E-state index in [1.165, 1.54) is 12.0 Å². The zero-order valence-electron chi connectivity index (χ0n) is 21.3. The summed E-state index contributed by atoms with van der Waals surface area (Å²) in [4.78, 5) is 41.4. The molecule has 192 valence electrons. The Balaban J connectivity index is 1.69. The van der Waals surface area contributed by atoms with Crippen LogP contribution in [0, 0.1) is 0 Å². The summed E-state index contributed by atoms with van der Waals surface area (Å²) in [5, 5.41) is -0.962. The lowest BCUT2D eigenvalue weighted by Crippen LogP contribution is -2.48. The molecule has 0 spiro atoms. The number of nitrogens with zero attached hydrogens (tertiary/aromatic N) is 1. The first kappa shape index (κ1) is 26.9. The van der Waals surface area contributed by atoms with Gasteiger partial charge < -0.3 is 4.74 Å². The minimum absolute atomic E-state index is 0.204. The summed E-state index contributed by atoms with van der Waals surface area (Å²) in [6.07, 6.45) is 0.329. The van der Waals surface area contributed by atoms with Crippen molar-refractivity contribution in [2.75, 3.05) is 12.0 Å². The van der Waals surface area contributed by atoms with Crippen molar-refractivity contribution < 1.29 is 19.1 Å². The number of carbonyl (C=O) groups excluding carboxylic acids is 3. The second-order valence-electron chi connectivity index (χ2n) is 8.77. The average molecular weight is 524 g/mol. The molecule has 0 saturated heterocycles. The van der Waals surface area contributed by atoms with Crippen molar-refractivity contribution in [3.05, 3.63) is 126 Å². The molecule has 4 aromatic carbocycles. The van der Waals surface area contributed by atoms with E-state index in [1.807, 2.05) is 91.0 Å². The highest BCUT2D eigenvalue weighted by molar-refractivity contribution is 8.15. The monoisotopic (exact) mass is 523 g/mol. The Bertz CT molecular complexity index is 1360. The van der Waals surface area contributed by atoms with Crippen LogP contribution in [0.5, 0.6) is 0 Å². The molecule has 6 heteroatoms. The average Bonchev–Trinajstić information content (AvgIpc) is 2.98. The Kier molecular flexibility index (Phi) is 9.11. The number of benzene rings is 4. The zero-order valence-corrected chi connectivity index (χ0v) is 22.1. The Morgan fingerprint density at radius 2 is 1.26 bits per heavy atom. The molecule has 0 saturated carbocycles. The molecular weight excluding hydrogens is 494 g/mol. The lowest BCUT2D eigenvalue weighted by molar-refractivity contribution is -0.143. The fraction of sp³-hybridized carbons (Fsp3) is 0.156. The normalized spacial score (nSPS) is 12.3. The number of rotatable bonds is 9. The minimum Gasteiger partial charge on any atom is -0.467 e. The fourth-order valence-electron chi connectivity index (χ4n) is 4.20. The third-order valence-electron chi connectivity index (χ3n) is 6.22. The van der Waals surface area contributed by atoms with Crippen LogP contribution in [-0.4, -0.2) is 35.4 Å². The van der Waals surface area contributed by atoms with E-state index in [0.29, 0.717) is 17.7 Å². The van der Waals surface area contributed by atoms with E-state index in [4.69, 9.17) is 4.74 Å². The third-order valence-corrected chi connectivity index (χ3v) is 7.32. The quantitative estimate of drug-likeness (QED) is 0.237. The van der Waals surface area contributed by atoms with Crippen LogP contribution < -0.4 is 4.90 Å². The maximum absolute atomic E-state index is 14.2. The molecule has 1 amide bonds. The van der Waals surface area contributed by atoms with Gasteiger partial charge in [-0.05, 0) is 42.2 Å². The number of carbonyl (C=O) groups is 3. The van der Waals surface area contributed by atoms with Crippen LogP contribution in [0.4, 0.5) is 5.69 Å². The van der Waals surface area contributed by atoms with Crippen LogP contribution in [0.15, 0.2) is 115 Å². The van der Waals surface area contributed by atoms with E-state index in [2.05, 4.69) is 0 Å². The molecule has 4 rings (SSSR count). The molecule has 0 aliphatic rings. The zero-order chi connectivity index (χ0) is 26.9. The number of methoxy groups -OCH3 is 1. The van der Waals surface area contributed by atoms with E-state index in [0.717, 1.165) is 28.5 Å². The van der Waals surface area contributed by atoms with Gasteiger partial charge in [0.2, 0.25) is 11.0 Å². The highest BCUT2D eigenvalue weighted by Crippen LogP contribution is 2.29. The maximum atomic E-state index is 14.2. The van der Waals surface area contributed by atoms with Gasteiger partial charge in [0, 0.05) is 11.3 Å². The summed E-state index contributed by atoms with van der Waals surface area (Å²) in [6.45, 7) is 1.64. The molecule has 0 aliphatic heterocycles. The third kappa shape index (κ3) is 6.58. The second-order valence-corrected chi connectivity index (χ2v) is 9.95. The van der Waals surface area contributed by atoms with Crippen LogP contribution >= 0.6 is 11.8 Å². The van der Waals surface area contributed by atoms with Gasteiger partial charge in [0.1, 0.15) is 6.04 Å². The molecule has 0 N–H and O–H groups in total. The van der Waals surface area contributed by atoms with Gasteiger partial charge >= 0.3 is 5.97 Å². The van der Waals surface area contributed by atoms with Crippen LogP contribution in [-0.2, 0) is 20.7 Å². The Morgan fingerprint density at radius 3 is 1.84 bits per heavy atom. The van der Waals surface area contributed by atoms with E-state index < -0.39 is 17.3 Å². The van der Waals surface area contributed by atoms with Crippen LogP contribution in [0.2, 0.25) is 0 Å². The predicted molar refractivity (Wildman–Crippen MR) is 153 cm³/mol. The summed E-state index contributed by atoms with van der Waals surface area (Å²) in [6, 6.07) is 35.0. The van der Waals surface area contributed by atoms with Crippen molar-refractivity contribution in [3.63, 3.8) is 0 Å². The van der Waals surface area contributed by atoms with Crippen molar-refractivity contribution in [1.29, 1.82) is 0 Å². The van der Waals surface area contributed by atoms with E-state index >= 15 is 0 Å². The van der Waals surface area contributed by atoms with Gasteiger partial charge in [0.15, 0.2) is 0 Å². The Morgan fingerprint density at radius 1 is 0.737 bits per heavy atom. The van der Waals surface area contributed by atoms with Gasteiger partial charge in [0.05, 0.1) is 12.4 Å². The first-order valence-electron chi connectivity index (χ1n) is 12.3. The molecule has 0 aromatic heterocycles. The van der Waals surface area contributed by atoms with Gasteiger partial charge in [-0.25, -0.2) is 4.79 Å². The van der Waals surface area contributed by atoms with Crippen molar-refractivity contribution in [2.45, 2.75) is 24.6 Å².